The summed E-state index contributed by atoms with van der Waals surface area (Å²) in [7, 11) is 0. The van der Waals surface area contributed by atoms with Gasteiger partial charge in [-0.3, -0.25) is 0 Å². The van der Waals surface area contributed by atoms with E-state index in [4.69, 9.17) is 8.83 Å². The van der Waals surface area contributed by atoms with E-state index in [1.807, 2.05) is 24.3 Å². The molecule has 13 rings (SSSR count). The van der Waals surface area contributed by atoms with Crippen molar-refractivity contribution in [1.29, 1.82) is 0 Å². The molecule has 2 aromatic heterocycles. The van der Waals surface area contributed by atoms with Gasteiger partial charge in [0.1, 0.15) is 22.3 Å². The lowest BCUT2D eigenvalue weighted by Gasteiger charge is -2.34. The zero-order valence-corrected chi connectivity index (χ0v) is 34.8. The van der Waals surface area contributed by atoms with Crippen LogP contribution in [0.1, 0.15) is 22.3 Å². The van der Waals surface area contributed by atoms with Crippen molar-refractivity contribution in [1.82, 2.24) is 0 Å². The maximum Gasteiger partial charge on any atom is 0.136 e. The number of hydrogen-bond acceptors (Lipinski definition) is 3. The third kappa shape index (κ3) is 5.47. The molecule has 10 aromatic carbocycles. The smallest absolute Gasteiger partial charge is 0.136 e. The molecule has 64 heavy (non-hydrogen) atoms. The Morgan fingerprint density at radius 1 is 0.297 bits per heavy atom. The van der Waals surface area contributed by atoms with Crippen molar-refractivity contribution in [2.45, 2.75) is 5.41 Å². The zero-order chi connectivity index (χ0) is 42.2. The molecule has 1 aliphatic carbocycles. The van der Waals surface area contributed by atoms with Crippen LogP contribution in [-0.2, 0) is 5.41 Å². The minimum absolute atomic E-state index is 0.471. The van der Waals surface area contributed by atoms with Gasteiger partial charge in [-0.05, 0) is 122 Å². The van der Waals surface area contributed by atoms with Crippen LogP contribution in [0.25, 0.3) is 77.3 Å². The topological polar surface area (TPSA) is 29.5 Å². The van der Waals surface area contributed by atoms with E-state index in [-0.39, 0.29) is 0 Å². The number of benzene rings is 10. The number of nitrogens with zero attached hydrogens (tertiary/aromatic N) is 1. The fourth-order valence-corrected chi connectivity index (χ4v) is 10.5. The van der Waals surface area contributed by atoms with Crippen molar-refractivity contribution in [2.75, 3.05) is 4.90 Å². The van der Waals surface area contributed by atoms with Gasteiger partial charge in [-0.2, -0.15) is 0 Å². The van der Waals surface area contributed by atoms with Gasteiger partial charge in [0.15, 0.2) is 0 Å². The third-order valence-electron chi connectivity index (χ3n) is 13.4. The number of hydrogen-bond donors (Lipinski definition) is 0. The number of para-hydroxylation sites is 2. The highest BCUT2D eigenvalue weighted by molar-refractivity contribution is 6.12. The van der Waals surface area contributed by atoms with E-state index < -0.39 is 5.41 Å². The summed E-state index contributed by atoms with van der Waals surface area (Å²) in [4.78, 5) is 2.39. The number of rotatable bonds is 7. The lowest BCUT2D eigenvalue weighted by molar-refractivity contribution is 0.668. The predicted octanol–water partition coefficient (Wildman–Crippen LogP) is 16.7. The van der Waals surface area contributed by atoms with Gasteiger partial charge in [-0.1, -0.05) is 170 Å². The lowest BCUT2D eigenvalue weighted by Crippen LogP contribution is -2.28. The maximum atomic E-state index is 6.29. The Morgan fingerprint density at radius 2 is 0.812 bits per heavy atom. The molecular formula is C61H39NO2. The zero-order valence-electron chi connectivity index (χ0n) is 34.8. The standard InChI is InChI=1S/C61H39NO2/c1-3-14-43(15-4-1)61(44-16-5-2-6-17-44)54-22-10-7-18-49(54)52-39-47(35-36-55(52)61)62(45-31-26-40(27-32-45)42-30-37-58-53(38-42)50-19-8-11-23-56(50)63-58)46-33-28-41(29-34-46)48-21-13-25-59-60(48)51-20-9-12-24-57(51)64-59/h1-39H. The highest BCUT2D eigenvalue weighted by atomic mass is 16.3. The second kappa shape index (κ2) is 14.3. The monoisotopic (exact) mass is 817 g/mol. The highest BCUT2D eigenvalue weighted by Gasteiger charge is 2.46. The molecule has 0 unspecified atom stereocenters. The summed E-state index contributed by atoms with van der Waals surface area (Å²) in [5.74, 6) is 0. The second-order valence-electron chi connectivity index (χ2n) is 16.8. The van der Waals surface area contributed by atoms with E-state index in [9.17, 15) is 0 Å². The molecule has 300 valence electrons. The maximum absolute atomic E-state index is 6.29. The summed E-state index contributed by atoms with van der Waals surface area (Å²) in [5.41, 5.74) is 18.5. The molecule has 0 saturated carbocycles. The highest BCUT2D eigenvalue weighted by Crippen LogP contribution is 2.57. The minimum atomic E-state index is -0.471. The minimum Gasteiger partial charge on any atom is -0.456 e. The molecule has 0 fully saturated rings. The summed E-state index contributed by atoms with van der Waals surface area (Å²) in [6.45, 7) is 0. The van der Waals surface area contributed by atoms with Gasteiger partial charge in [0.05, 0.1) is 5.41 Å². The van der Waals surface area contributed by atoms with Crippen LogP contribution in [0.2, 0.25) is 0 Å². The quantitative estimate of drug-likeness (QED) is 0.160. The summed E-state index contributed by atoms with van der Waals surface area (Å²) in [6.07, 6.45) is 0. The molecule has 0 saturated heterocycles. The van der Waals surface area contributed by atoms with Gasteiger partial charge >= 0.3 is 0 Å². The average Bonchev–Trinajstić information content (AvgIpc) is 4.03. The van der Waals surface area contributed by atoms with Crippen LogP contribution < -0.4 is 4.90 Å². The SMILES string of the molecule is c1ccc(C2(c3ccccc3)c3ccccc3-c3cc(N(c4ccc(-c5ccc6oc7ccccc7c6c5)cc4)c4ccc(-c5cccc6oc7ccccc7c56)cc4)ccc32)cc1. The number of anilines is 3. The van der Waals surface area contributed by atoms with Crippen molar-refractivity contribution in [2.24, 2.45) is 0 Å². The molecule has 0 aliphatic heterocycles. The first kappa shape index (κ1) is 36.3. The van der Waals surface area contributed by atoms with Gasteiger partial charge in [0.25, 0.3) is 0 Å². The Bertz CT molecular complexity index is 3670. The first-order valence-corrected chi connectivity index (χ1v) is 21.9. The molecule has 12 aromatic rings. The van der Waals surface area contributed by atoms with Crippen LogP contribution in [0.15, 0.2) is 245 Å². The Labute approximate surface area is 370 Å². The molecule has 2 heterocycles. The molecule has 1 aliphatic rings. The van der Waals surface area contributed by atoms with E-state index in [2.05, 4.69) is 217 Å². The summed E-state index contributed by atoms with van der Waals surface area (Å²) >= 11 is 0. The predicted molar refractivity (Wildman–Crippen MR) is 264 cm³/mol. The van der Waals surface area contributed by atoms with Crippen molar-refractivity contribution < 1.29 is 8.83 Å². The molecule has 3 nitrogen and oxygen atoms in total. The van der Waals surface area contributed by atoms with Crippen molar-refractivity contribution >= 4 is 60.9 Å². The lowest BCUT2D eigenvalue weighted by atomic mass is 9.68. The third-order valence-corrected chi connectivity index (χ3v) is 13.4. The fraction of sp³-hybridized carbons (Fsp3) is 0.0164. The molecule has 0 bridgehead atoms. The van der Waals surface area contributed by atoms with Gasteiger partial charge in [0.2, 0.25) is 0 Å². The van der Waals surface area contributed by atoms with E-state index in [0.29, 0.717) is 0 Å². The summed E-state index contributed by atoms with van der Waals surface area (Å²) in [6, 6.07) is 85.4. The van der Waals surface area contributed by atoms with Crippen molar-refractivity contribution in [3.63, 3.8) is 0 Å². The molecular weight excluding hydrogens is 779 g/mol. The Balaban J connectivity index is 0.973. The van der Waals surface area contributed by atoms with Gasteiger partial charge in [-0.15, -0.1) is 0 Å². The Hall–Kier alpha value is -8.40. The second-order valence-corrected chi connectivity index (χ2v) is 16.8. The van der Waals surface area contributed by atoms with Gasteiger partial charge in [-0.25, -0.2) is 0 Å². The van der Waals surface area contributed by atoms with Gasteiger partial charge < -0.3 is 13.7 Å². The van der Waals surface area contributed by atoms with Crippen LogP contribution in [0.3, 0.4) is 0 Å². The van der Waals surface area contributed by atoms with E-state index >= 15 is 0 Å². The fourth-order valence-electron chi connectivity index (χ4n) is 10.5. The van der Waals surface area contributed by atoms with Crippen molar-refractivity contribution in [3.8, 4) is 33.4 Å². The molecule has 0 amide bonds. The van der Waals surface area contributed by atoms with Gasteiger partial charge in [0, 0.05) is 38.6 Å². The first-order chi connectivity index (χ1) is 31.7. The summed E-state index contributed by atoms with van der Waals surface area (Å²) < 4.78 is 12.5. The Morgan fingerprint density at radius 3 is 1.55 bits per heavy atom. The normalized spacial score (nSPS) is 12.8. The largest absolute Gasteiger partial charge is 0.456 e. The van der Waals surface area contributed by atoms with Crippen molar-refractivity contribution in [3.05, 3.63) is 259 Å². The molecule has 0 N–H and O–H groups in total. The molecule has 0 atom stereocenters. The first-order valence-electron chi connectivity index (χ1n) is 21.9. The van der Waals surface area contributed by atoms with E-state index in [0.717, 1.165) is 83.2 Å². The Kier molecular flexibility index (Phi) is 8.13. The van der Waals surface area contributed by atoms with E-state index in [1.165, 1.54) is 33.4 Å². The van der Waals surface area contributed by atoms with Crippen LogP contribution in [0.4, 0.5) is 17.1 Å². The molecule has 0 spiro atoms. The molecule has 0 radical (unpaired) electrons. The number of fused-ring (bicyclic) bond motifs is 9. The van der Waals surface area contributed by atoms with Crippen LogP contribution in [0, 0.1) is 0 Å². The van der Waals surface area contributed by atoms with Crippen LogP contribution in [-0.4, -0.2) is 0 Å². The van der Waals surface area contributed by atoms with E-state index in [1.54, 1.807) is 0 Å². The average molecular weight is 818 g/mol. The van der Waals surface area contributed by atoms with Crippen LogP contribution in [0.5, 0.6) is 0 Å². The number of furan rings is 2. The van der Waals surface area contributed by atoms with Crippen LogP contribution >= 0.6 is 0 Å². The summed E-state index contributed by atoms with van der Waals surface area (Å²) in [5, 5.41) is 4.51. The molecule has 3 heteroatoms.